The van der Waals surface area contributed by atoms with Crippen molar-refractivity contribution in [3.05, 3.63) is 84.0 Å². The van der Waals surface area contributed by atoms with Crippen LogP contribution in [0.5, 0.6) is 0 Å². The number of hydrogen-bond acceptors (Lipinski definition) is 5. The zero-order chi connectivity index (χ0) is 32.8. The lowest BCUT2D eigenvalue weighted by molar-refractivity contribution is -0.177. The van der Waals surface area contributed by atoms with Gasteiger partial charge in [0.25, 0.3) is 0 Å². The first-order chi connectivity index (χ1) is 22.5. The van der Waals surface area contributed by atoms with Crippen molar-refractivity contribution in [2.24, 2.45) is 45.1 Å². The Balaban J connectivity index is 1.22. The Bertz CT molecular complexity index is 1660. The molecular weight excluding hydrogens is 584 g/mol. The number of aliphatic hydroxyl groups is 2. The highest BCUT2D eigenvalue weighted by Crippen LogP contribution is 2.78. The van der Waals surface area contributed by atoms with Crippen molar-refractivity contribution < 1.29 is 19.8 Å². The molecule has 1 unspecified atom stereocenters. The maximum atomic E-state index is 15.3. The van der Waals surface area contributed by atoms with Crippen molar-refractivity contribution >= 4 is 11.7 Å². The molecule has 6 aliphatic carbocycles. The number of likely N-dealkylation sites (tertiary alicyclic amines) is 1. The smallest absolute Gasteiger partial charge is 0.220 e. The molecule has 1 heterocycles. The molecule has 47 heavy (non-hydrogen) atoms. The predicted molar refractivity (Wildman–Crippen MR) is 183 cm³/mol. The van der Waals surface area contributed by atoms with Crippen LogP contribution in [0.4, 0.5) is 0 Å². The van der Waals surface area contributed by atoms with Crippen molar-refractivity contribution in [1.82, 2.24) is 4.90 Å². The summed E-state index contributed by atoms with van der Waals surface area (Å²) in [4.78, 5) is 29.5. The van der Waals surface area contributed by atoms with E-state index in [-0.39, 0.29) is 51.8 Å². The predicted octanol–water partition coefficient (Wildman–Crippen LogP) is 6.32. The number of Topliss-reactive ketones (excluding diaryl/α,β-unsaturated/α-hetero) is 1. The van der Waals surface area contributed by atoms with Crippen LogP contribution in [0.15, 0.2) is 78.4 Å². The van der Waals surface area contributed by atoms with Crippen molar-refractivity contribution in [3.8, 4) is 11.1 Å². The summed E-state index contributed by atoms with van der Waals surface area (Å²) in [6.45, 7) is 6.88. The Hall–Kier alpha value is -3.06. The molecule has 1 amide bonds. The van der Waals surface area contributed by atoms with Gasteiger partial charge in [-0.2, -0.15) is 0 Å². The van der Waals surface area contributed by atoms with Gasteiger partial charge in [-0.25, -0.2) is 0 Å². The molecule has 2 aromatic carbocycles. The summed E-state index contributed by atoms with van der Waals surface area (Å²) in [5, 5.41) is 23.8. The molecule has 6 nitrogen and oxygen atoms in total. The van der Waals surface area contributed by atoms with Gasteiger partial charge in [0.05, 0.1) is 11.7 Å². The SMILES string of the molecule is C[C@]12CC[C@H]3[C@]4(C=C[C@@]5(C=C4C(=O)c4ccccc4-c4ccccc4)CC(O)CC[C@]35C)[C@@H]1CC[C@@]2(O)CN1CCC(C(N)=O)CC1. The summed E-state index contributed by atoms with van der Waals surface area (Å²) in [7, 11) is 0. The number of aliphatic hydroxyl groups excluding tert-OH is 1. The molecule has 2 aromatic rings. The average Bonchev–Trinajstić information content (AvgIpc) is 3.34. The second-order valence-corrected chi connectivity index (χ2v) is 16.5. The standard InChI is InChI=1S/C41H50N2O4/c1-37-17-12-29(44)24-39(37)20-21-41(32(25-39)35(45)31-11-7-6-10-30(31)27-8-4-3-5-9-27)33(37)13-18-38(2)34(41)14-19-40(38,47)26-43-22-15-28(16-23-43)36(42)46/h3-11,20-21,25,28-29,33-34,44,47H,12-19,22-24,26H2,1-2H3,(H2,42,46)/t29?,33-,34-,37-,38+,39+,40-,41-/m1/s1. The number of amides is 1. The van der Waals surface area contributed by atoms with Gasteiger partial charge in [0, 0.05) is 39.8 Å². The van der Waals surface area contributed by atoms with E-state index in [2.05, 4.69) is 55.2 Å². The fraction of sp³-hybridized carbons (Fsp3) is 0.561. The van der Waals surface area contributed by atoms with Gasteiger partial charge in [-0.1, -0.05) is 86.7 Å². The van der Waals surface area contributed by atoms with Crippen molar-refractivity contribution in [3.63, 3.8) is 0 Å². The third-order valence-corrected chi connectivity index (χ3v) is 14.7. The quantitative estimate of drug-likeness (QED) is 0.255. The number of fused-ring (bicyclic) bond motifs is 1. The van der Waals surface area contributed by atoms with Crippen molar-refractivity contribution in [2.45, 2.75) is 83.3 Å². The third kappa shape index (κ3) is 4.26. The number of nitrogens with zero attached hydrogens (tertiary/aromatic N) is 1. The maximum absolute atomic E-state index is 15.3. The van der Waals surface area contributed by atoms with Crippen LogP contribution in [-0.2, 0) is 4.79 Å². The van der Waals surface area contributed by atoms with Crippen molar-refractivity contribution in [2.75, 3.05) is 19.6 Å². The Morgan fingerprint density at radius 1 is 0.851 bits per heavy atom. The van der Waals surface area contributed by atoms with E-state index in [1.807, 2.05) is 36.4 Å². The summed E-state index contributed by atoms with van der Waals surface area (Å²) in [5.41, 5.74) is 7.03. The van der Waals surface area contributed by atoms with Gasteiger partial charge in [0.2, 0.25) is 5.91 Å². The van der Waals surface area contributed by atoms with Crippen LogP contribution in [0.2, 0.25) is 0 Å². The lowest BCUT2D eigenvalue weighted by Crippen LogP contribution is -2.67. The first kappa shape index (κ1) is 31.2. The highest BCUT2D eigenvalue weighted by molar-refractivity contribution is 6.14. The van der Waals surface area contributed by atoms with Gasteiger partial charge < -0.3 is 20.8 Å². The minimum Gasteiger partial charge on any atom is -0.393 e. The highest BCUT2D eigenvalue weighted by atomic mass is 16.3. The Morgan fingerprint density at radius 2 is 1.51 bits per heavy atom. The van der Waals surface area contributed by atoms with Gasteiger partial charge in [-0.15, -0.1) is 0 Å². The largest absolute Gasteiger partial charge is 0.393 e. The van der Waals surface area contributed by atoms with Gasteiger partial charge in [-0.05, 0) is 99.3 Å². The molecule has 7 aliphatic rings. The summed E-state index contributed by atoms with van der Waals surface area (Å²) >= 11 is 0. The van der Waals surface area contributed by atoms with Gasteiger partial charge in [0.1, 0.15) is 0 Å². The number of nitrogens with two attached hydrogens (primary N) is 1. The number of carbonyl (C=O) groups is 2. The molecule has 4 fully saturated rings. The number of primary amides is 1. The second-order valence-electron chi connectivity index (χ2n) is 16.5. The summed E-state index contributed by atoms with van der Waals surface area (Å²) < 4.78 is 0. The Labute approximate surface area is 279 Å². The summed E-state index contributed by atoms with van der Waals surface area (Å²) in [5.74, 6) is 0.164. The van der Waals surface area contributed by atoms with E-state index in [1.54, 1.807) is 0 Å². The topological polar surface area (TPSA) is 104 Å². The van der Waals surface area contributed by atoms with Crippen LogP contribution in [-0.4, -0.2) is 58.1 Å². The molecule has 0 aromatic heterocycles. The van der Waals surface area contributed by atoms with E-state index in [1.165, 1.54) is 0 Å². The fourth-order valence-corrected chi connectivity index (χ4v) is 12.0. The molecule has 3 saturated carbocycles. The first-order valence-electron chi connectivity index (χ1n) is 18.0. The number of carbonyl (C=O) groups excluding carboxylic acids is 2. The minimum absolute atomic E-state index is 0.0671. The van der Waals surface area contributed by atoms with Gasteiger partial charge in [0.15, 0.2) is 5.78 Å². The number of ketones is 1. The molecule has 1 aliphatic heterocycles. The van der Waals surface area contributed by atoms with Crippen LogP contribution >= 0.6 is 0 Å². The average molecular weight is 635 g/mol. The molecule has 6 heteroatoms. The number of hydrogen-bond donors (Lipinski definition) is 3. The number of β-amino-alcohol motifs (C(OH)–C–C–N with tert-alkyl or cyclic N) is 1. The van der Waals surface area contributed by atoms with Crippen molar-refractivity contribution in [1.29, 1.82) is 0 Å². The number of rotatable bonds is 6. The first-order valence-corrected chi connectivity index (χ1v) is 18.0. The lowest BCUT2D eigenvalue weighted by Gasteiger charge is -2.71. The van der Waals surface area contributed by atoms with Crippen LogP contribution < -0.4 is 5.73 Å². The molecule has 4 N–H and O–H groups in total. The molecule has 0 radical (unpaired) electrons. The number of piperidine rings is 1. The van der Waals surface area contributed by atoms with Gasteiger partial charge in [-0.3, -0.25) is 9.59 Å². The maximum Gasteiger partial charge on any atom is 0.220 e. The molecule has 8 atom stereocenters. The van der Waals surface area contributed by atoms with E-state index >= 15 is 4.79 Å². The molecular formula is C41H50N2O4. The second kappa shape index (κ2) is 10.7. The molecule has 9 rings (SSSR count). The Morgan fingerprint density at radius 3 is 2.26 bits per heavy atom. The van der Waals surface area contributed by atoms with Crippen LogP contribution in [0.1, 0.15) is 82.0 Å². The molecule has 2 bridgehead atoms. The zero-order valence-electron chi connectivity index (χ0n) is 28.0. The normalized spacial score (nSPS) is 41.1. The van der Waals surface area contributed by atoms with E-state index in [0.29, 0.717) is 19.4 Å². The van der Waals surface area contributed by atoms with Gasteiger partial charge >= 0.3 is 0 Å². The van der Waals surface area contributed by atoms with E-state index in [4.69, 9.17) is 5.73 Å². The summed E-state index contributed by atoms with van der Waals surface area (Å²) in [6.07, 6.45) is 14.0. The fourth-order valence-electron chi connectivity index (χ4n) is 12.0. The van der Waals surface area contributed by atoms with Crippen LogP contribution in [0.25, 0.3) is 11.1 Å². The molecule has 248 valence electrons. The monoisotopic (exact) mass is 634 g/mol. The van der Waals surface area contributed by atoms with E-state index in [9.17, 15) is 15.0 Å². The summed E-state index contributed by atoms with van der Waals surface area (Å²) in [6, 6.07) is 18.2. The lowest BCUT2D eigenvalue weighted by atomic mass is 9.32. The highest BCUT2D eigenvalue weighted by Gasteiger charge is 2.74. The molecule has 1 saturated heterocycles. The molecule has 2 spiro atoms. The number of allylic oxidation sites excluding steroid dienone is 4. The third-order valence-electron chi connectivity index (χ3n) is 14.7. The van der Waals surface area contributed by atoms with Crippen LogP contribution in [0.3, 0.4) is 0 Å². The Kier molecular flexibility index (Phi) is 7.12. The minimum atomic E-state index is -0.892. The zero-order valence-corrected chi connectivity index (χ0v) is 28.0. The van der Waals surface area contributed by atoms with E-state index < -0.39 is 11.0 Å². The van der Waals surface area contributed by atoms with Crippen LogP contribution in [0, 0.1) is 39.4 Å². The number of benzene rings is 2. The van der Waals surface area contributed by atoms with E-state index in [0.717, 1.165) is 80.3 Å².